The first-order chi connectivity index (χ1) is 8.93. The van der Waals surface area contributed by atoms with Crippen molar-refractivity contribution in [1.82, 2.24) is 20.4 Å². The van der Waals surface area contributed by atoms with Crippen LogP contribution in [-0.2, 0) is 11.3 Å². The molecule has 104 valence electrons. The zero-order valence-corrected chi connectivity index (χ0v) is 10.8. The van der Waals surface area contributed by atoms with Crippen molar-refractivity contribution in [2.75, 3.05) is 6.54 Å². The summed E-state index contributed by atoms with van der Waals surface area (Å²) < 4.78 is 4.78. The molecule has 19 heavy (non-hydrogen) atoms. The number of likely N-dealkylation sites (tertiary alicyclic amines) is 1. The Hall–Kier alpha value is -2.12. The Morgan fingerprint density at radius 2 is 2.32 bits per heavy atom. The Kier molecular flexibility index (Phi) is 3.41. The molecule has 1 unspecified atom stereocenters. The normalized spacial score (nSPS) is 22.5. The second kappa shape index (κ2) is 4.87. The number of carbonyl (C=O) groups excluding carboxylic acids is 1. The molecule has 8 heteroatoms. The van der Waals surface area contributed by atoms with Gasteiger partial charge in [0.05, 0.1) is 6.54 Å². The molecule has 0 spiro atoms. The monoisotopic (exact) mass is 268 g/mol. The maximum absolute atomic E-state index is 12.0. The summed E-state index contributed by atoms with van der Waals surface area (Å²) in [6, 6.07) is -0.426. The number of aromatic nitrogens is 2. The molecule has 2 rings (SSSR count). The van der Waals surface area contributed by atoms with Gasteiger partial charge in [-0.25, -0.2) is 9.59 Å². The molecule has 2 N–H and O–H groups in total. The van der Waals surface area contributed by atoms with E-state index in [0.29, 0.717) is 31.1 Å². The maximum atomic E-state index is 12.0. The van der Waals surface area contributed by atoms with Crippen LogP contribution in [0.25, 0.3) is 0 Å². The van der Waals surface area contributed by atoms with Gasteiger partial charge in [0.1, 0.15) is 5.54 Å². The lowest BCUT2D eigenvalue weighted by atomic mass is 10.00. The first-order valence-electron chi connectivity index (χ1n) is 6.01. The van der Waals surface area contributed by atoms with Crippen LogP contribution in [0.2, 0.25) is 0 Å². The molecule has 0 saturated carbocycles. The van der Waals surface area contributed by atoms with E-state index in [2.05, 4.69) is 15.5 Å². The highest BCUT2D eigenvalue weighted by molar-refractivity contribution is 5.86. The second-order valence-corrected chi connectivity index (χ2v) is 4.72. The zero-order chi connectivity index (χ0) is 14.0. The van der Waals surface area contributed by atoms with Crippen molar-refractivity contribution in [2.24, 2.45) is 0 Å². The van der Waals surface area contributed by atoms with Crippen molar-refractivity contribution in [2.45, 2.75) is 38.8 Å². The Labute approximate surface area is 109 Å². The van der Waals surface area contributed by atoms with E-state index in [-0.39, 0.29) is 6.54 Å². The van der Waals surface area contributed by atoms with Crippen LogP contribution in [0.15, 0.2) is 4.52 Å². The van der Waals surface area contributed by atoms with Crippen LogP contribution in [-0.4, -0.2) is 44.2 Å². The lowest BCUT2D eigenvalue weighted by Gasteiger charge is -2.30. The van der Waals surface area contributed by atoms with E-state index >= 15 is 0 Å². The summed E-state index contributed by atoms with van der Waals surface area (Å²) in [6.45, 7) is 3.75. The molecule has 1 saturated heterocycles. The number of hydrogen-bond acceptors (Lipinski definition) is 5. The van der Waals surface area contributed by atoms with Gasteiger partial charge in [0.15, 0.2) is 5.82 Å². The van der Waals surface area contributed by atoms with Gasteiger partial charge in [0.2, 0.25) is 5.89 Å². The molecular weight excluding hydrogens is 252 g/mol. The van der Waals surface area contributed by atoms with Crippen LogP contribution in [0.3, 0.4) is 0 Å². The van der Waals surface area contributed by atoms with E-state index in [1.54, 1.807) is 13.8 Å². The first kappa shape index (κ1) is 13.3. The largest absolute Gasteiger partial charge is 0.480 e. The predicted molar refractivity (Wildman–Crippen MR) is 63.3 cm³/mol. The Morgan fingerprint density at radius 3 is 2.89 bits per heavy atom. The minimum absolute atomic E-state index is 0.113. The summed E-state index contributed by atoms with van der Waals surface area (Å²) >= 11 is 0. The zero-order valence-electron chi connectivity index (χ0n) is 10.8. The molecule has 0 aliphatic carbocycles. The van der Waals surface area contributed by atoms with Crippen molar-refractivity contribution >= 4 is 12.0 Å². The number of hydrogen-bond donors (Lipinski definition) is 2. The Bertz CT molecular complexity index is 501. The molecular formula is C11H16N4O4. The van der Waals surface area contributed by atoms with E-state index in [9.17, 15) is 14.7 Å². The molecule has 1 atom stereocenters. The topological polar surface area (TPSA) is 109 Å². The standard InChI is InChI=1S/C11H16N4O4/c1-7-13-8(14-19-7)6-12-10(18)15-5-3-4-11(15,2)9(16)17/h3-6H2,1-2H3,(H,12,18)(H,16,17). The number of carboxylic acid groups (broad SMARTS) is 1. The van der Waals surface area contributed by atoms with Gasteiger partial charge in [-0.3, -0.25) is 0 Å². The van der Waals surface area contributed by atoms with Crippen LogP contribution in [0.1, 0.15) is 31.5 Å². The number of carbonyl (C=O) groups is 2. The smallest absolute Gasteiger partial charge is 0.329 e. The molecule has 0 radical (unpaired) electrons. The van der Waals surface area contributed by atoms with Crippen LogP contribution in [0, 0.1) is 6.92 Å². The van der Waals surface area contributed by atoms with Crippen LogP contribution < -0.4 is 5.32 Å². The summed E-state index contributed by atoms with van der Waals surface area (Å²) in [4.78, 5) is 28.6. The minimum atomic E-state index is -1.14. The van der Waals surface area contributed by atoms with Crippen LogP contribution in [0.5, 0.6) is 0 Å². The SMILES string of the molecule is Cc1nc(CNC(=O)N2CCCC2(C)C(=O)O)no1. The number of aliphatic carboxylic acids is 1. The van der Waals surface area contributed by atoms with Crippen molar-refractivity contribution in [1.29, 1.82) is 0 Å². The summed E-state index contributed by atoms with van der Waals surface area (Å²) in [5, 5.41) is 15.5. The van der Waals surface area contributed by atoms with Crippen LogP contribution in [0.4, 0.5) is 4.79 Å². The lowest BCUT2D eigenvalue weighted by Crippen LogP contribution is -2.54. The number of rotatable bonds is 3. The van der Waals surface area contributed by atoms with Gasteiger partial charge in [-0.1, -0.05) is 5.16 Å². The fourth-order valence-electron chi connectivity index (χ4n) is 2.17. The van der Waals surface area contributed by atoms with E-state index in [0.717, 1.165) is 0 Å². The van der Waals surface area contributed by atoms with E-state index in [1.165, 1.54) is 4.90 Å². The van der Waals surface area contributed by atoms with Gasteiger partial charge >= 0.3 is 12.0 Å². The molecule has 8 nitrogen and oxygen atoms in total. The third-order valence-electron chi connectivity index (χ3n) is 3.31. The number of urea groups is 1. The highest BCUT2D eigenvalue weighted by atomic mass is 16.5. The number of nitrogens with one attached hydrogen (secondary N) is 1. The average Bonchev–Trinajstić information content (AvgIpc) is 2.93. The minimum Gasteiger partial charge on any atom is -0.480 e. The third kappa shape index (κ3) is 2.51. The molecule has 1 aromatic heterocycles. The van der Waals surface area contributed by atoms with Gasteiger partial charge < -0.3 is 19.8 Å². The highest BCUT2D eigenvalue weighted by Crippen LogP contribution is 2.29. The average molecular weight is 268 g/mol. The van der Waals surface area contributed by atoms with Crippen molar-refractivity contribution < 1.29 is 19.2 Å². The van der Waals surface area contributed by atoms with Crippen molar-refractivity contribution in [3.8, 4) is 0 Å². The number of aryl methyl sites for hydroxylation is 1. The predicted octanol–water partition coefficient (Wildman–Crippen LogP) is 0.527. The van der Waals surface area contributed by atoms with Gasteiger partial charge in [-0.05, 0) is 19.8 Å². The lowest BCUT2D eigenvalue weighted by molar-refractivity contribution is -0.147. The molecule has 1 aliphatic heterocycles. The molecule has 0 aromatic carbocycles. The molecule has 1 aliphatic rings. The van der Waals surface area contributed by atoms with Crippen molar-refractivity contribution in [3.05, 3.63) is 11.7 Å². The molecule has 1 aromatic rings. The molecule has 0 bridgehead atoms. The van der Waals surface area contributed by atoms with Crippen LogP contribution >= 0.6 is 0 Å². The van der Waals surface area contributed by atoms with Crippen molar-refractivity contribution in [3.63, 3.8) is 0 Å². The molecule has 2 amide bonds. The van der Waals surface area contributed by atoms with E-state index in [1.807, 2.05) is 0 Å². The first-order valence-corrected chi connectivity index (χ1v) is 6.01. The summed E-state index contributed by atoms with van der Waals surface area (Å²) in [6.07, 6.45) is 1.13. The summed E-state index contributed by atoms with van der Waals surface area (Å²) in [5.41, 5.74) is -1.14. The van der Waals surface area contributed by atoms with Gasteiger partial charge in [0, 0.05) is 13.5 Å². The second-order valence-electron chi connectivity index (χ2n) is 4.72. The third-order valence-corrected chi connectivity index (χ3v) is 3.31. The number of carboxylic acids is 1. The fourth-order valence-corrected chi connectivity index (χ4v) is 2.17. The molecule has 1 fully saturated rings. The summed E-state index contributed by atoms with van der Waals surface area (Å²) in [5.74, 6) is -0.210. The van der Waals surface area contributed by atoms with E-state index in [4.69, 9.17) is 4.52 Å². The maximum Gasteiger partial charge on any atom is 0.329 e. The summed E-state index contributed by atoms with van der Waals surface area (Å²) in [7, 11) is 0. The fraction of sp³-hybridized carbons (Fsp3) is 0.636. The quantitative estimate of drug-likeness (QED) is 0.827. The Balaban J connectivity index is 1.98. The highest BCUT2D eigenvalue weighted by Gasteiger charge is 2.45. The Morgan fingerprint density at radius 1 is 1.58 bits per heavy atom. The van der Waals surface area contributed by atoms with Gasteiger partial charge in [-0.15, -0.1) is 0 Å². The number of amides is 2. The van der Waals surface area contributed by atoms with Gasteiger partial charge in [0.25, 0.3) is 0 Å². The van der Waals surface area contributed by atoms with Gasteiger partial charge in [-0.2, -0.15) is 4.98 Å². The number of nitrogens with zero attached hydrogens (tertiary/aromatic N) is 3. The van der Waals surface area contributed by atoms with E-state index < -0.39 is 17.5 Å². The molecule has 2 heterocycles.